The highest BCUT2D eigenvalue weighted by Gasteiger charge is 2.25. The van der Waals surface area contributed by atoms with Crippen molar-refractivity contribution in [3.63, 3.8) is 0 Å². The van der Waals surface area contributed by atoms with E-state index in [1.807, 2.05) is 18.7 Å². The molecule has 0 aromatic heterocycles. The molecular weight excluding hydrogens is 172 g/mol. The quantitative estimate of drug-likeness (QED) is 0.686. The SMILES string of the molecule is CC(C)C(N)C(=O)N1CCSC1. The summed E-state index contributed by atoms with van der Waals surface area (Å²) in [7, 11) is 0. The highest BCUT2D eigenvalue weighted by atomic mass is 32.2. The molecule has 4 heteroatoms. The van der Waals surface area contributed by atoms with Gasteiger partial charge in [0.1, 0.15) is 0 Å². The van der Waals surface area contributed by atoms with Crippen LogP contribution in [0.2, 0.25) is 0 Å². The Balaban J connectivity index is 2.45. The van der Waals surface area contributed by atoms with E-state index in [0.717, 1.165) is 18.2 Å². The summed E-state index contributed by atoms with van der Waals surface area (Å²) in [6, 6.07) is -0.316. The van der Waals surface area contributed by atoms with Gasteiger partial charge in [-0.05, 0) is 5.92 Å². The minimum absolute atomic E-state index is 0.106. The van der Waals surface area contributed by atoms with Crippen molar-refractivity contribution in [1.29, 1.82) is 0 Å². The van der Waals surface area contributed by atoms with Crippen molar-refractivity contribution in [1.82, 2.24) is 4.90 Å². The van der Waals surface area contributed by atoms with E-state index in [9.17, 15) is 4.79 Å². The smallest absolute Gasteiger partial charge is 0.240 e. The van der Waals surface area contributed by atoms with Crippen LogP contribution in [0.5, 0.6) is 0 Å². The van der Waals surface area contributed by atoms with Crippen LogP contribution in [-0.2, 0) is 4.79 Å². The first-order valence-electron chi connectivity index (χ1n) is 4.25. The number of amides is 1. The van der Waals surface area contributed by atoms with Gasteiger partial charge in [-0.2, -0.15) is 0 Å². The molecule has 12 heavy (non-hydrogen) atoms. The molecule has 0 saturated carbocycles. The van der Waals surface area contributed by atoms with Crippen molar-refractivity contribution in [3.05, 3.63) is 0 Å². The molecule has 1 fully saturated rings. The summed E-state index contributed by atoms with van der Waals surface area (Å²) in [4.78, 5) is 13.4. The van der Waals surface area contributed by atoms with Crippen molar-refractivity contribution < 1.29 is 4.79 Å². The second kappa shape index (κ2) is 4.14. The Kier molecular flexibility index (Phi) is 3.40. The van der Waals surface area contributed by atoms with Crippen molar-refractivity contribution in [2.75, 3.05) is 18.2 Å². The Labute approximate surface area is 77.7 Å². The summed E-state index contributed by atoms with van der Waals surface area (Å²) >= 11 is 1.79. The lowest BCUT2D eigenvalue weighted by atomic mass is 10.0. The zero-order chi connectivity index (χ0) is 9.14. The van der Waals surface area contributed by atoms with Crippen LogP contribution in [0.25, 0.3) is 0 Å². The third-order valence-electron chi connectivity index (χ3n) is 2.07. The Bertz CT molecular complexity index is 162. The minimum Gasteiger partial charge on any atom is -0.331 e. The molecule has 1 saturated heterocycles. The Hall–Kier alpha value is -0.220. The predicted octanol–water partition coefficient (Wildman–Crippen LogP) is 0.503. The maximum absolute atomic E-state index is 11.6. The lowest BCUT2D eigenvalue weighted by Crippen LogP contribution is -2.45. The number of carbonyl (C=O) groups is 1. The number of thioether (sulfide) groups is 1. The van der Waals surface area contributed by atoms with E-state index in [1.54, 1.807) is 11.8 Å². The first-order chi connectivity index (χ1) is 5.63. The molecule has 1 rings (SSSR count). The van der Waals surface area contributed by atoms with E-state index in [4.69, 9.17) is 5.73 Å². The van der Waals surface area contributed by atoms with Gasteiger partial charge in [0.25, 0.3) is 0 Å². The molecule has 0 radical (unpaired) electrons. The monoisotopic (exact) mass is 188 g/mol. The number of rotatable bonds is 2. The fraction of sp³-hybridized carbons (Fsp3) is 0.875. The molecule has 0 aromatic carbocycles. The van der Waals surface area contributed by atoms with Gasteiger partial charge >= 0.3 is 0 Å². The van der Waals surface area contributed by atoms with Gasteiger partial charge in [0.15, 0.2) is 0 Å². The lowest BCUT2D eigenvalue weighted by molar-refractivity contribution is -0.132. The third-order valence-corrected chi connectivity index (χ3v) is 3.03. The molecule has 0 bridgehead atoms. The van der Waals surface area contributed by atoms with Gasteiger partial charge in [0, 0.05) is 12.3 Å². The van der Waals surface area contributed by atoms with Gasteiger partial charge in [-0.1, -0.05) is 13.8 Å². The molecule has 1 aliphatic rings. The van der Waals surface area contributed by atoms with Crippen molar-refractivity contribution in [2.24, 2.45) is 11.7 Å². The molecule has 1 heterocycles. The predicted molar refractivity (Wildman–Crippen MR) is 51.9 cm³/mol. The third kappa shape index (κ3) is 2.14. The van der Waals surface area contributed by atoms with Crippen LogP contribution in [0.15, 0.2) is 0 Å². The van der Waals surface area contributed by atoms with Crippen LogP contribution < -0.4 is 5.73 Å². The van der Waals surface area contributed by atoms with Crippen LogP contribution >= 0.6 is 11.8 Å². The second-order valence-corrected chi connectivity index (χ2v) is 4.48. The highest BCUT2D eigenvalue weighted by Crippen LogP contribution is 2.15. The molecule has 2 N–H and O–H groups in total. The number of hydrogen-bond donors (Lipinski definition) is 1. The van der Waals surface area contributed by atoms with Crippen LogP contribution in [0, 0.1) is 5.92 Å². The minimum atomic E-state index is -0.316. The Morgan fingerprint density at radius 1 is 1.58 bits per heavy atom. The van der Waals surface area contributed by atoms with E-state index in [-0.39, 0.29) is 17.9 Å². The van der Waals surface area contributed by atoms with E-state index in [1.165, 1.54) is 0 Å². The van der Waals surface area contributed by atoms with Gasteiger partial charge in [-0.25, -0.2) is 0 Å². The molecule has 0 aromatic rings. The summed E-state index contributed by atoms with van der Waals surface area (Å²) in [5, 5.41) is 0. The first kappa shape index (κ1) is 9.86. The summed E-state index contributed by atoms with van der Waals surface area (Å²) in [6.45, 7) is 4.82. The van der Waals surface area contributed by atoms with E-state index in [0.29, 0.717) is 0 Å². The molecule has 1 aliphatic heterocycles. The molecule has 1 amide bonds. The molecule has 1 unspecified atom stereocenters. The van der Waals surface area contributed by atoms with Gasteiger partial charge in [-0.15, -0.1) is 11.8 Å². The fourth-order valence-corrected chi connectivity index (χ4v) is 2.04. The normalized spacial score (nSPS) is 20.2. The first-order valence-corrected chi connectivity index (χ1v) is 5.40. The van der Waals surface area contributed by atoms with Crippen LogP contribution in [0.1, 0.15) is 13.8 Å². The zero-order valence-corrected chi connectivity index (χ0v) is 8.43. The number of nitrogens with zero attached hydrogens (tertiary/aromatic N) is 1. The highest BCUT2D eigenvalue weighted by molar-refractivity contribution is 7.99. The van der Waals surface area contributed by atoms with E-state index < -0.39 is 0 Å². The molecule has 1 atom stereocenters. The average molecular weight is 188 g/mol. The summed E-state index contributed by atoms with van der Waals surface area (Å²) in [6.07, 6.45) is 0. The molecule has 3 nitrogen and oxygen atoms in total. The van der Waals surface area contributed by atoms with Crippen molar-refractivity contribution in [2.45, 2.75) is 19.9 Å². The fourth-order valence-electron chi connectivity index (χ4n) is 1.08. The maximum Gasteiger partial charge on any atom is 0.240 e. The lowest BCUT2D eigenvalue weighted by Gasteiger charge is -2.21. The van der Waals surface area contributed by atoms with Gasteiger partial charge in [0.2, 0.25) is 5.91 Å². The van der Waals surface area contributed by atoms with Gasteiger partial charge in [0.05, 0.1) is 11.9 Å². The summed E-state index contributed by atoms with van der Waals surface area (Å²) < 4.78 is 0. The summed E-state index contributed by atoms with van der Waals surface area (Å²) in [5.41, 5.74) is 5.74. The van der Waals surface area contributed by atoms with Crippen molar-refractivity contribution in [3.8, 4) is 0 Å². The molecule has 70 valence electrons. The Morgan fingerprint density at radius 3 is 2.67 bits per heavy atom. The Morgan fingerprint density at radius 2 is 2.25 bits per heavy atom. The standard InChI is InChI=1S/C8H16N2OS/c1-6(2)7(9)8(11)10-3-4-12-5-10/h6-7H,3-5,9H2,1-2H3. The summed E-state index contributed by atoms with van der Waals surface area (Å²) in [5.74, 6) is 2.22. The second-order valence-electron chi connectivity index (χ2n) is 3.41. The molecular formula is C8H16N2OS. The molecule has 0 spiro atoms. The number of carbonyl (C=O) groups excluding carboxylic acids is 1. The van der Waals surface area contributed by atoms with Crippen LogP contribution in [-0.4, -0.2) is 35.0 Å². The van der Waals surface area contributed by atoms with Gasteiger partial charge < -0.3 is 10.6 Å². The number of hydrogen-bond acceptors (Lipinski definition) is 3. The number of nitrogens with two attached hydrogens (primary N) is 1. The molecule has 0 aliphatic carbocycles. The van der Waals surface area contributed by atoms with Crippen LogP contribution in [0.3, 0.4) is 0 Å². The van der Waals surface area contributed by atoms with E-state index >= 15 is 0 Å². The zero-order valence-electron chi connectivity index (χ0n) is 7.62. The van der Waals surface area contributed by atoms with Crippen molar-refractivity contribution >= 4 is 17.7 Å². The van der Waals surface area contributed by atoms with Crippen LogP contribution in [0.4, 0.5) is 0 Å². The van der Waals surface area contributed by atoms with Gasteiger partial charge in [-0.3, -0.25) is 4.79 Å². The van der Waals surface area contributed by atoms with E-state index in [2.05, 4.69) is 0 Å². The largest absolute Gasteiger partial charge is 0.331 e. The maximum atomic E-state index is 11.6. The average Bonchev–Trinajstić information content (AvgIpc) is 2.53. The topological polar surface area (TPSA) is 46.3 Å².